The van der Waals surface area contributed by atoms with Gasteiger partial charge in [0.1, 0.15) is 17.6 Å². The van der Waals surface area contributed by atoms with Gasteiger partial charge >= 0.3 is 0 Å². The van der Waals surface area contributed by atoms with E-state index < -0.39 is 6.04 Å². The van der Waals surface area contributed by atoms with Crippen molar-refractivity contribution < 1.29 is 18.7 Å². The molecule has 0 saturated carbocycles. The molecular formula is C28H31FN2O3. The van der Waals surface area contributed by atoms with Crippen molar-refractivity contribution >= 4 is 11.8 Å². The summed E-state index contributed by atoms with van der Waals surface area (Å²) in [6.45, 7) is 6.15. The van der Waals surface area contributed by atoms with Crippen molar-refractivity contribution in [2.75, 3.05) is 13.2 Å². The maximum Gasteiger partial charge on any atom is 0.261 e. The SMILES string of the molecule is CCNC(=O)[C@@H](Cc1ccccc1)N(Cc1ccc(F)cc1)C(=O)COc1ccc(C)cc1C. The molecule has 3 aromatic rings. The Labute approximate surface area is 200 Å². The number of amides is 2. The number of likely N-dealkylation sites (N-methyl/N-ethyl adjacent to an activating group) is 1. The zero-order chi connectivity index (χ0) is 24.5. The number of halogens is 1. The number of benzene rings is 3. The van der Waals surface area contributed by atoms with Crippen molar-refractivity contribution in [1.29, 1.82) is 0 Å². The third-order valence-electron chi connectivity index (χ3n) is 5.57. The fraction of sp³-hybridized carbons (Fsp3) is 0.286. The number of rotatable bonds is 10. The van der Waals surface area contributed by atoms with E-state index in [4.69, 9.17) is 4.74 Å². The Balaban J connectivity index is 1.89. The standard InChI is InChI=1S/C28H31FN2O3/c1-4-30-28(33)25(17-22-8-6-5-7-9-22)31(18-23-11-13-24(29)14-12-23)27(32)19-34-26-15-10-20(2)16-21(26)3/h5-16,25H,4,17-19H2,1-3H3,(H,30,33)/t25-/m1/s1. The predicted molar refractivity (Wildman–Crippen MR) is 131 cm³/mol. The number of nitrogens with zero attached hydrogens (tertiary/aromatic N) is 1. The number of aryl methyl sites for hydroxylation is 2. The average Bonchev–Trinajstić information content (AvgIpc) is 2.82. The van der Waals surface area contributed by atoms with Gasteiger partial charge in [-0.05, 0) is 55.7 Å². The van der Waals surface area contributed by atoms with E-state index in [1.165, 1.54) is 17.0 Å². The minimum absolute atomic E-state index is 0.157. The molecule has 5 nitrogen and oxygen atoms in total. The molecular weight excluding hydrogens is 431 g/mol. The molecule has 0 aliphatic carbocycles. The molecule has 1 N–H and O–H groups in total. The lowest BCUT2D eigenvalue weighted by molar-refractivity contribution is -0.142. The summed E-state index contributed by atoms with van der Waals surface area (Å²) in [5.74, 6) is -0.299. The van der Waals surface area contributed by atoms with E-state index in [9.17, 15) is 14.0 Å². The van der Waals surface area contributed by atoms with Crippen molar-refractivity contribution in [2.45, 2.75) is 39.8 Å². The van der Waals surface area contributed by atoms with Crippen LogP contribution in [0.15, 0.2) is 72.8 Å². The third kappa shape index (κ3) is 6.91. The van der Waals surface area contributed by atoms with Crippen LogP contribution in [0.2, 0.25) is 0 Å². The maximum absolute atomic E-state index is 13.5. The molecule has 34 heavy (non-hydrogen) atoms. The summed E-state index contributed by atoms with van der Waals surface area (Å²) >= 11 is 0. The highest BCUT2D eigenvalue weighted by atomic mass is 19.1. The minimum Gasteiger partial charge on any atom is -0.483 e. The molecule has 0 radical (unpaired) electrons. The number of nitrogens with one attached hydrogen (secondary N) is 1. The molecule has 3 aromatic carbocycles. The molecule has 6 heteroatoms. The summed E-state index contributed by atoms with van der Waals surface area (Å²) in [4.78, 5) is 28.1. The molecule has 1 atom stereocenters. The first-order valence-corrected chi connectivity index (χ1v) is 11.4. The predicted octanol–water partition coefficient (Wildman–Crippen LogP) is 4.60. The number of hydrogen-bond acceptors (Lipinski definition) is 3. The van der Waals surface area contributed by atoms with Gasteiger partial charge in [0, 0.05) is 19.5 Å². The highest BCUT2D eigenvalue weighted by Gasteiger charge is 2.30. The van der Waals surface area contributed by atoms with Crippen LogP contribution in [0.1, 0.15) is 29.2 Å². The Morgan fingerprint density at radius 3 is 2.32 bits per heavy atom. The van der Waals surface area contributed by atoms with Gasteiger partial charge in [-0.15, -0.1) is 0 Å². The van der Waals surface area contributed by atoms with Crippen LogP contribution in [0.25, 0.3) is 0 Å². The van der Waals surface area contributed by atoms with Crippen LogP contribution >= 0.6 is 0 Å². The van der Waals surface area contributed by atoms with Crippen molar-refractivity contribution in [3.8, 4) is 5.75 Å². The van der Waals surface area contributed by atoms with Crippen LogP contribution < -0.4 is 10.1 Å². The van der Waals surface area contributed by atoms with Crippen molar-refractivity contribution in [3.63, 3.8) is 0 Å². The molecule has 0 aromatic heterocycles. The maximum atomic E-state index is 13.5. The van der Waals surface area contributed by atoms with Crippen LogP contribution in [-0.2, 0) is 22.6 Å². The largest absolute Gasteiger partial charge is 0.483 e. The first-order chi connectivity index (χ1) is 16.4. The zero-order valence-electron chi connectivity index (χ0n) is 19.9. The van der Waals surface area contributed by atoms with Gasteiger partial charge in [-0.25, -0.2) is 4.39 Å². The normalized spacial score (nSPS) is 11.5. The molecule has 0 aliphatic rings. The summed E-state index contributed by atoms with van der Waals surface area (Å²) in [5, 5.41) is 2.85. The van der Waals surface area contributed by atoms with Gasteiger partial charge in [-0.2, -0.15) is 0 Å². The Morgan fingerprint density at radius 1 is 0.971 bits per heavy atom. The number of carbonyl (C=O) groups excluding carboxylic acids is 2. The van der Waals surface area contributed by atoms with Crippen molar-refractivity contribution in [3.05, 3.63) is 101 Å². The fourth-order valence-corrected chi connectivity index (χ4v) is 3.82. The van der Waals surface area contributed by atoms with E-state index in [0.717, 1.165) is 22.3 Å². The zero-order valence-corrected chi connectivity index (χ0v) is 19.9. The second-order valence-corrected chi connectivity index (χ2v) is 8.31. The van der Waals surface area contributed by atoms with Crippen LogP contribution in [0, 0.1) is 19.7 Å². The van der Waals surface area contributed by atoms with E-state index in [0.29, 0.717) is 18.7 Å². The Hall–Kier alpha value is -3.67. The highest BCUT2D eigenvalue weighted by Crippen LogP contribution is 2.20. The van der Waals surface area contributed by atoms with E-state index in [2.05, 4.69) is 5.32 Å². The molecule has 0 heterocycles. The van der Waals surface area contributed by atoms with E-state index in [-0.39, 0.29) is 30.8 Å². The number of ether oxygens (including phenoxy) is 1. The van der Waals surface area contributed by atoms with Gasteiger partial charge < -0.3 is 15.0 Å². The second-order valence-electron chi connectivity index (χ2n) is 8.31. The summed E-state index contributed by atoms with van der Waals surface area (Å²) < 4.78 is 19.3. The van der Waals surface area contributed by atoms with E-state index >= 15 is 0 Å². The third-order valence-corrected chi connectivity index (χ3v) is 5.57. The van der Waals surface area contributed by atoms with Crippen LogP contribution in [0.4, 0.5) is 4.39 Å². The summed E-state index contributed by atoms with van der Waals surface area (Å²) in [6.07, 6.45) is 0.350. The van der Waals surface area contributed by atoms with Gasteiger partial charge in [0.15, 0.2) is 6.61 Å². The quantitative estimate of drug-likeness (QED) is 0.479. The molecule has 0 saturated heterocycles. The molecule has 0 unspecified atom stereocenters. The lowest BCUT2D eigenvalue weighted by atomic mass is 10.0. The highest BCUT2D eigenvalue weighted by molar-refractivity contribution is 5.88. The molecule has 2 amide bonds. The van der Waals surface area contributed by atoms with Gasteiger partial charge in [-0.3, -0.25) is 9.59 Å². The van der Waals surface area contributed by atoms with Gasteiger partial charge in [-0.1, -0.05) is 60.2 Å². The summed E-state index contributed by atoms with van der Waals surface area (Å²) in [7, 11) is 0. The molecule has 0 fully saturated rings. The van der Waals surface area contributed by atoms with Crippen LogP contribution in [-0.4, -0.2) is 35.9 Å². The Morgan fingerprint density at radius 2 is 1.68 bits per heavy atom. The average molecular weight is 463 g/mol. The molecule has 0 bridgehead atoms. The van der Waals surface area contributed by atoms with Gasteiger partial charge in [0.05, 0.1) is 0 Å². The van der Waals surface area contributed by atoms with E-state index in [1.54, 1.807) is 12.1 Å². The molecule has 178 valence electrons. The van der Waals surface area contributed by atoms with Gasteiger partial charge in [0.2, 0.25) is 5.91 Å². The topological polar surface area (TPSA) is 58.6 Å². The van der Waals surface area contributed by atoms with Crippen molar-refractivity contribution in [2.24, 2.45) is 0 Å². The monoisotopic (exact) mass is 462 g/mol. The van der Waals surface area contributed by atoms with Crippen LogP contribution in [0.3, 0.4) is 0 Å². The lowest BCUT2D eigenvalue weighted by Crippen LogP contribution is -2.51. The smallest absolute Gasteiger partial charge is 0.261 e. The molecule has 0 spiro atoms. The molecule has 3 rings (SSSR count). The first-order valence-electron chi connectivity index (χ1n) is 11.4. The lowest BCUT2D eigenvalue weighted by Gasteiger charge is -2.31. The number of hydrogen-bond donors (Lipinski definition) is 1. The number of carbonyl (C=O) groups is 2. The van der Waals surface area contributed by atoms with Crippen LogP contribution in [0.5, 0.6) is 5.75 Å². The second kappa shape index (κ2) is 12.0. The summed E-state index contributed by atoms with van der Waals surface area (Å²) in [6, 6.07) is 20.5. The first kappa shape index (κ1) is 25.0. The van der Waals surface area contributed by atoms with Gasteiger partial charge in [0.25, 0.3) is 5.91 Å². The fourth-order valence-electron chi connectivity index (χ4n) is 3.82. The Kier molecular flexibility index (Phi) is 8.79. The molecule has 0 aliphatic heterocycles. The summed E-state index contributed by atoms with van der Waals surface area (Å²) in [5.41, 5.74) is 3.70. The Bertz CT molecular complexity index is 1100. The van der Waals surface area contributed by atoms with E-state index in [1.807, 2.05) is 69.3 Å². The minimum atomic E-state index is -0.748. The van der Waals surface area contributed by atoms with Crippen molar-refractivity contribution in [1.82, 2.24) is 10.2 Å².